The number of aryl methyl sites for hydroxylation is 2. The summed E-state index contributed by atoms with van der Waals surface area (Å²) in [6.07, 6.45) is 3.43. The molecule has 5 nitrogen and oxygen atoms in total. The van der Waals surface area contributed by atoms with Gasteiger partial charge in [0.1, 0.15) is 0 Å². The first-order valence-corrected chi connectivity index (χ1v) is 9.61. The highest BCUT2D eigenvalue weighted by Crippen LogP contribution is 2.43. The fourth-order valence-electron chi connectivity index (χ4n) is 4.90. The van der Waals surface area contributed by atoms with Crippen LogP contribution in [0.5, 0.6) is 0 Å². The van der Waals surface area contributed by atoms with Crippen molar-refractivity contribution in [2.24, 2.45) is 0 Å². The molecule has 2 aliphatic rings. The molecule has 0 unspecified atom stereocenters. The highest BCUT2D eigenvalue weighted by Gasteiger charge is 2.50. The van der Waals surface area contributed by atoms with E-state index in [4.69, 9.17) is 4.74 Å². The number of hydrogen-bond acceptors (Lipinski definition) is 4. The lowest BCUT2D eigenvalue weighted by Crippen LogP contribution is -2.51. The van der Waals surface area contributed by atoms with E-state index in [1.807, 2.05) is 18.7 Å². The molecule has 1 aliphatic carbocycles. The van der Waals surface area contributed by atoms with Crippen LogP contribution >= 0.6 is 0 Å². The van der Waals surface area contributed by atoms with Crippen LogP contribution in [0.15, 0.2) is 30.3 Å². The van der Waals surface area contributed by atoms with Crippen LogP contribution in [0.4, 0.5) is 0 Å². The molecule has 0 radical (unpaired) electrons. The largest absolute Gasteiger partial charge is 0.393 e. The molecule has 140 valence electrons. The van der Waals surface area contributed by atoms with Gasteiger partial charge in [0, 0.05) is 31.9 Å². The number of fused-ring (bicyclic) bond motifs is 1. The summed E-state index contributed by atoms with van der Waals surface area (Å²) in [5.41, 5.74) is 4.50. The van der Waals surface area contributed by atoms with Crippen molar-refractivity contribution in [1.82, 2.24) is 14.7 Å². The molecule has 2 aromatic rings. The summed E-state index contributed by atoms with van der Waals surface area (Å²) in [5.74, 6) is 0. The Morgan fingerprint density at radius 3 is 2.81 bits per heavy atom. The SMILES string of the molecule is CO[C@@]12CC[C@@H](O)C[C@@H]1N(Cc1ccccc1-n1nc(C)cc1C)CC2. The third kappa shape index (κ3) is 2.98. The van der Waals surface area contributed by atoms with Gasteiger partial charge in [-0.3, -0.25) is 4.90 Å². The number of methoxy groups -OCH3 is 1. The Kier molecular flexibility index (Phi) is 4.63. The van der Waals surface area contributed by atoms with Crippen molar-refractivity contribution in [3.05, 3.63) is 47.3 Å². The molecule has 1 aromatic heterocycles. The topological polar surface area (TPSA) is 50.5 Å². The molecule has 1 aliphatic heterocycles. The van der Waals surface area contributed by atoms with Gasteiger partial charge in [0.05, 0.1) is 23.1 Å². The summed E-state index contributed by atoms with van der Waals surface area (Å²) in [5, 5.41) is 14.9. The zero-order chi connectivity index (χ0) is 18.3. The van der Waals surface area contributed by atoms with Crippen LogP contribution in [-0.4, -0.2) is 51.2 Å². The fourth-order valence-corrected chi connectivity index (χ4v) is 4.90. The van der Waals surface area contributed by atoms with E-state index in [9.17, 15) is 5.11 Å². The van der Waals surface area contributed by atoms with Gasteiger partial charge in [0.15, 0.2) is 0 Å². The molecule has 1 N–H and O–H groups in total. The zero-order valence-electron chi connectivity index (χ0n) is 16.0. The van der Waals surface area contributed by atoms with Gasteiger partial charge < -0.3 is 9.84 Å². The molecular formula is C21H29N3O2. The maximum absolute atomic E-state index is 10.2. The Hall–Kier alpha value is -1.69. The number of aliphatic hydroxyl groups excluding tert-OH is 1. The summed E-state index contributed by atoms with van der Waals surface area (Å²) in [6, 6.07) is 10.9. The maximum Gasteiger partial charge on any atom is 0.0847 e. The Balaban J connectivity index is 1.63. The number of benzene rings is 1. The molecule has 1 aromatic carbocycles. The van der Waals surface area contributed by atoms with Gasteiger partial charge in [-0.25, -0.2) is 4.68 Å². The van der Waals surface area contributed by atoms with Crippen molar-refractivity contribution in [3.8, 4) is 5.69 Å². The summed E-state index contributed by atoms with van der Waals surface area (Å²) >= 11 is 0. The number of aromatic nitrogens is 2. The maximum atomic E-state index is 10.2. The van der Waals surface area contributed by atoms with Crippen molar-refractivity contribution in [2.45, 2.75) is 63.8 Å². The molecular weight excluding hydrogens is 326 g/mol. The van der Waals surface area contributed by atoms with Crippen molar-refractivity contribution >= 4 is 0 Å². The molecule has 1 saturated carbocycles. The van der Waals surface area contributed by atoms with E-state index < -0.39 is 0 Å². The van der Waals surface area contributed by atoms with Crippen molar-refractivity contribution in [3.63, 3.8) is 0 Å². The smallest absolute Gasteiger partial charge is 0.0847 e. The Morgan fingerprint density at radius 2 is 2.08 bits per heavy atom. The number of ether oxygens (including phenoxy) is 1. The first-order chi connectivity index (χ1) is 12.5. The molecule has 0 bridgehead atoms. The average Bonchev–Trinajstić information content (AvgIpc) is 3.16. The Morgan fingerprint density at radius 1 is 1.27 bits per heavy atom. The van der Waals surface area contributed by atoms with Gasteiger partial charge >= 0.3 is 0 Å². The monoisotopic (exact) mass is 355 g/mol. The van der Waals surface area contributed by atoms with Crippen LogP contribution in [0.1, 0.15) is 42.6 Å². The number of nitrogens with zero attached hydrogens (tertiary/aromatic N) is 3. The predicted octanol–water partition coefficient (Wildman–Crippen LogP) is 2.99. The second-order valence-electron chi connectivity index (χ2n) is 7.90. The molecule has 4 rings (SSSR count). The molecule has 5 heteroatoms. The van der Waals surface area contributed by atoms with E-state index in [0.717, 1.165) is 55.8 Å². The minimum absolute atomic E-state index is 0.0909. The number of likely N-dealkylation sites (tertiary alicyclic amines) is 1. The predicted molar refractivity (Wildman–Crippen MR) is 101 cm³/mol. The van der Waals surface area contributed by atoms with Gasteiger partial charge in [0.25, 0.3) is 0 Å². The second-order valence-corrected chi connectivity index (χ2v) is 7.90. The third-order valence-corrected chi connectivity index (χ3v) is 6.28. The summed E-state index contributed by atoms with van der Waals surface area (Å²) in [6.45, 7) is 6.00. The van der Waals surface area contributed by atoms with Gasteiger partial charge in [-0.2, -0.15) is 5.10 Å². The normalized spacial score (nSPS) is 29.1. The number of para-hydroxylation sites is 1. The minimum atomic E-state index is -0.213. The van der Waals surface area contributed by atoms with Crippen LogP contribution in [0.3, 0.4) is 0 Å². The highest BCUT2D eigenvalue weighted by molar-refractivity contribution is 5.42. The van der Waals surface area contributed by atoms with E-state index in [0.29, 0.717) is 0 Å². The molecule has 1 saturated heterocycles. The molecule has 3 atom stereocenters. The molecule has 0 amide bonds. The van der Waals surface area contributed by atoms with Crippen molar-refractivity contribution in [2.75, 3.05) is 13.7 Å². The van der Waals surface area contributed by atoms with Crippen molar-refractivity contribution in [1.29, 1.82) is 0 Å². The third-order valence-electron chi connectivity index (χ3n) is 6.28. The zero-order valence-corrected chi connectivity index (χ0v) is 16.0. The summed E-state index contributed by atoms with van der Waals surface area (Å²) in [4.78, 5) is 2.50. The van der Waals surface area contributed by atoms with Crippen LogP contribution in [0.25, 0.3) is 5.69 Å². The van der Waals surface area contributed by atoms with Gasteiger partial charge in [-0.1, -0.05) is 18.2 Å². The van der Waals surface area contributed by atoms with Crippen LogP contribution < -0.4 is 0 Å². The van der Waals surface area contributed by atoms with E-state index >= 15 is 0 Å². The molecule has 2 heterocycles. The van der Waals surface area contributed by atoms with Crippen LogP contribution in [0, 0.1) is 13.8 Å². The standard InChI is InChI=1S/C21H29N3O2/c1-15-12-16(2)24(22-15)19-7-5-4-6-17(19)14-23-11-10-21(26-3)9-8-18(25)13-20(21)23/h4-7,12,18,20,25H,8-11,13-14H2,1-3H3/t18-,20+,21-/m1/s1. The van der Waals surface area contributed by atoms with Gasteiger partial charge in [-0.15, -0.1) is 0 Å². The summed E-state index contributed by atoms with van der Waals surface area (Å²) in [7, 11) is 1.83. The van der Waals surface area contributed by atoms with E-state index in [2.05, 4.69) is 47.3 Å². The number of rotatable bonds is 4. The number of aliphatic hydroxyl groups is 1. The van der Waals surface area contributed by atoms with Crippen LogP contribution in [-0.2, 0) is 11.3 Å². The fraction of sp³-hybridized carbons (Fsp3) is 0.571. The molecule has 26 heavy (non-hydrogen) atoms. The molecule has 2 fully saturated rings. The average molecular weight is 355 g/mol. The first kappa shape index (κ1) is 17.7. The second kappa shape index (κ2) is 6.80. The first-order valence-electron chi connectivity index (χ1n) is 9.61. The highest BCUT2D eigenvalue weighted by atomic mass is 16.5. The lowest BCUT2D eigenvalue weighted by Gasteiger charge is -2.42. The van der Waals surface area contributed by atoms with Gasteiger partial charge in [-0.05, 0) is 57.2 Å². The van der Waals surface area contributed by atoms with E-state index in [1.165, 1.54) is 5.56 Å². The molecule has 0 spiro atoms. The number of hydrogen-bond donors (Lipinski definition) is 1. The lowest BCUT2D eigenvalue weighted by molar-refractivity contribution is -0.0879. The van der Waals surface area contributed by atoms with E-state index in [1.54, 1.807) is 0 Å². The van der Waals surface area contributed by atoms with E-state index in [-0.39, 0.29) is 17.7 Å². The van der Waals surface area contributed by atoms with Crippen molar-refractivity contribution < 1.29 is 9.84 Å². The quantitative estimate of drug-likeness (QED) is 0.916. The Labute approximate surface area is 155 Å². The van der Waals surface area contributed by atoms with Crippen LogP contribution in [0.2, 0.25) is 0 Å². The minimum Gasteiger partial charge on any atom is -0.393 e. The lowest BCUT2D eigenvalue weighted by atomic mass is 9.79. The summed E-state index contributed by atoms with van der Waals surface area (Å²) < 4.78 is 8.03. The van der Waals surface area contributed by atoms with Gasteiger partial charge in [0.2, 0.25) is 0 Å². The Bertz CT molecular complexity index is 787.